The van der Waals surface area contributed by atoms with Gasteiger partial charge in [0.25, 0.3) is 0 Å². The molecular formula is C30H33FN6O. The van der Waals surface area contributed by atoms with Gasteiger partial charge in [-0.3, -0.25) is 0 Å². The first-order valence-electron chi connectivity index (χ1n) is 13.3. The molecule has 4 aromatic rings. The Morgan fingerprint density at radius 3 is 2.42 bits per heavy atom. The number of benzene rings is 2. The maximum Gasteiger partial charge on any atom is 0.128 e. The minimum Gasteiger partial charge on any atom is -0.398 e. The van der Waals surface area contributed by atoms with Gasteiger partial charge in [-0.2, -0.15) is 0 Å². The van der Waals surface area contributed by atoms with Crippen LogP contribution in [0.15, 0.2) is 54.7 Å². The third kappa shape index (κ3) is 4.44. The van der Waals surface area contributed by atoms with Crippen LogP contribution in [0.3, 0.4) is 0 Å². The summed E-state index contributed by atoms with van der Waals surface area (Å²) >= 11 is 0. The maximum atomic E-state index is 13.9. The molecule has 2 aliphatic heterocycles. The summed E-state index contributed by atoms with van der Waals surface area (Å²) in [7, 11) is 2.15. The molecular weight excluding hydrogens is 479 g/mol. The summed E-state index contributed by atoms with van der Waals surface area (Å²) < 4.78 is 21.9. The Morgan fingerprint density at radius 1 is 1.03 bits per heavy atom. The number of nitrogens with two attached hydrogens (primary N) is 1. The van der Waals surface area contributed by atoms with Gasteiger partial charge >= 0.3 is 0 Å². The summed E-state index contributed by atoms with van der Waals surface area (Å²) in [6.07, 6.45) is 5.05. The smallest absolute Gasteiger partial charge is 0.128 e. The van der Waals surface area contributed by atoms with E-state index in [2.05, 4.69) is 33.5 Å². The highest BCUT2D eigenvalue weighted by atomic mass is 19.1. The van der Waals surface area contributed by atoms with Crippen molar-refractivity contribution in [1.82, 2.24) is 14.5 Å². The summed E-state index contributed by atoms with van der Waals surface area (Å²) in [5, 5.41) is 8.93. The summed E-state index contributed by atoms with van der Waals surface area (Å²) in [5.41, 5.74) is 12.7. The van der Waals surface area contributed by atoms with Gasteiger partial charge in [-0.1, -0.05) is 0 Å². The van der Waals surface area contributed by atoms with Crippen molar-refractivity contribution in [2.75, 3.05) is 57.1 Å². The van der Waals surface area contributed by atoms with Crippen molar-refractivity contribution in [3.05, 3.63) is 71.8 Å². The quantitative estimate of drug-likeness (QED) is 0.289. The minimum atomic E-state index is -0.272. The van der Waals surface area contributed by atoms with Crippen molar-refractivity contribution in [2.24, 2.45) is 0 Å². The van der Waals surface area contributed by atoms with Gasteiger partial charge in [0.1, 0.15) is 11.6 Å². The van der Waals surface area contributed by atoms with Gasteiger partial charge in [-0.15, -0.1) is 0 Å². The second-order valence-electron chi connectivity index (χ2n) is 10.3. The Bertz CT molecular complexity index is 1450. The van der Waals surface area contributed by atoms with Crippen molar-refractivity contribution in [2.45, 2.75) is 18.8 Å². The fourth-order valence-corrected chi connectivity index (χ4v) is 5.80. The van der Waals surface area contributed by atoms with E-state index in [-0.39, 0.29) is 11.7 Å². The molecule has 4 heterocycles. The average Bonchev–Trinajstić information content (AvgIpc) is 3.27. The van der Waals surface area contributed by atoms with Crippen LogP contribution in [0.4, 0.5) is 15.9 Å². The Balaban J connectivity index is 1.57. The van der Waals surface area contributed by atoms with E-state index in [1.807, 2.05) is 30.5 Å². The van der Waals surface area contributed by atoms with E-state index in [0.29, 0.717) is 24.5 Å². The highest BCUT2D eigenvalue weighted by Gasteiger charge is 2.28. The molecule has 2 aromatic carbocycles. The number of hydrogen-bond acceptors (Lipinski definition) is 6. The van der Waals surface area contributed by atoms with Crippen LogP contribution in [0, 0.1) is 11.2 Å². The molecule has 3 N–H and O–H groups in total. The minimum absolute atomic E-state index is 0.248. The van der Waals surface area contributed by atoms with Gasteiger partial charge in [-0.05, 0) is 68.4 Å². The lowest BCUT2D eigenvalue weighted by Gasteiger charge is -2.33. The topological polar surface area (TPSA) is 83.4 Å². The fraction of sp³-hybridized carbons (Fsp3) is 0.333. The zero-order valence-electron chi connectivity index (χ0n) is 21.7. The number of piperazine rings is 1. The first-order valence-corrected chi connectivity index (χ1v) is 13.3. The number of rotatable bonds is 5. The number of aromatic nitrogens is 2. The summed E-state index contributed by atoms with van der Waals surface area (Å²) in [5.74, 6) is 0.965. The van der Waals surface area contributed by atoms with Crippen LogP contribution in [0.1, 0.15) is 30.0 Å². The number of likely N-dealkylation sites (N-methyl/N-ethyl adjacent to an activating group) is 1. The second kappa shape index (κ2) is 10.2. The Hall–Kier alpha value is -3.75. The van der Waals surface area contributed by atoms with Crippen molar-refractivity contribution in [3.63, 3.8) is 0 Å². The van der Waals surface area contributed by atoms with Gasteiger partial charge in [0.2, 0.25) is 0 Å². The predicted molar refractivity (Wildman–Crippen MR) is 151 cm³/mol. The molecule has 0 bridgehead atoms. The van der Waals surface area contributed by atoms with Crippen LogP contribution in [0.2, 0.25) is 0 Å². The fourth-order valence-electron chi connectivity index (χ4n) is 5.80. The molecule has 6 rings (SSSR count). The summed E-state index contributed by atoms with van der Waals surface area (Å²) in [4.78, 5) is 9.57. The van der Waals surface area contributed by atoms with E-state index in [9.17, 15) is 4.39 Å². The summed E-state index contributed by atoms with van der Waals surface area (Å²) in [6, 6.07) is 14.8. The molecule has 196 valence electrons. The number of hydrogen-bond donors (Lipinski definition) is 2. The molecule has 2 aromatic heterocycles. The first-order chi connectivity index (χ1) is 18.5. The molecule has 0 atom stereocenters. The number of nitrogens with zero attached hydrogens (tertiary/aromatic N) is 4. The molecule has 38 heavy (non-hydrogen) atoms. The Kier molecular flexibility index (Phi) is 6.59. The molecule has 2 aliphatic rings. The lowest BCUT2D eigenvalue weighted by atomic mass is 9.90. The van der Waals surface area contributed by atoms with Crippen LogP contribution in [-0.4, -0.2) is 67.1 Å². The van der Waals surface area contributed by atoms with Gasteiger partial charge < -0.3 is 30.2 Å². The number of fused-ring (bicyclic) bond motifs is 1. The normalized spacial score (nSPS) is 17.3. The number of nitrogens with one attached hydrogen (secondary N) is 1. The molecule has 8 heteroatoms. The van der Waals surface area contributed by atoms with E-state index in [1.54, 1.807) is 0 Å². The molecule has 2 saturated heterocycles. The van der Waals surface area contributed by atoms with Crippen LogP contribution in [0.5, 0.6) is 0 Å². The van der Waals surface area contributed by atoms with Crippen LogP contribution >= 0.6 is 0 Å². The monoisotopic (exact) mass is 512 g/mol. The number of nitrogen functional groups attached to an aromatic ring is 1. The average molecular weight is 513 g/mol. The van der Waals surface area contributed by atoms with E-state index in [0.717, 1.165) is 78.2 Å². The van der Waals surface area contributed by atoms with Gasteiger partial charge in [0.05, 0.1) is 5.52 Å². The third-order valence-corrected chi connectivity index (χ3v) is 7.92. The predicted octanol–water partition coefficient (Wildman–Crippen LogP) is 5.06. The number of ether oxygens (including phenoxy) is 1. The lowest BCUT2D eigenvalue weighted by Crippen LogP contribution is -2.44. The molecule has 7 nitrogen and oxygen atoms in total. The van der Waals surface area contributed by atoms with Crippen LogP contribution < -0.4 is 10.6 Å². The van der Waals surface area contributed by atoms with Crippen LogP contribution in [0.25, 0.3) is 27.7 Å². The molecule has 0 amide bonds. The van der Waals surface area contributed by atoms with Gasteiger partial charge in [0, 0.05) is 96.9 Å². The highest BCUT2D eigenvalue weighted by Crippen LogP contribution is 2.44. The maximum absolute atomic E-state index is 13.9. The van der Waals surface area contributed by atoms with E-state index < -0.39 is 0 Å². The standard InChI is InChI=1S/C30H33FN6O/c1-35-10-12-36(13-11-35)28-7-2-21(19-34-28)29-25-17-26(33)22(18-32)16-27(25)37(24-5-3-23(31)4-6-24)30(29)20-8-14-38-15-9-20/h2-7,16-20,32H,8-15,33H2,1H3. The molecule has 0 aliphatic carbocycles. The third-order valence-electron chi connectivity index (χ3n) is 7.92. The van der Waals surface area contributed by atoms with Crippen molar-refractivity contribution in [1.29, 1.82) is 5.41 Å². The van der Waals surface area contributed by atoms with Crippen molar-refractivity contribution in [3.8, 4) is 16.8 Å². The summed E-state index contributed by atoms with van der Waals surface area (Å²) in [6.45, 7) is 5.37. The largest absolute Gasteiger partial charge is 0.398 e. The highest BCUT2D eigenvalue weighted by molar-refractivity contribution is 6.04. The number of pyridine rings is 1. The van der Waals surface area contributed by atoms with Crippen molar-refractivity contribution >= 4 is 28.6 Å². The lowest BCUT2D eigenvalue weighted by molar-refractivity contribution is 0.0843. The number of anilines is 2. The molecule has 0 unspecified atom stereocenters. The Morgan fingerprint density at radius 2 is 1.76 bits per heavy atom. The first kappa shape index (κ1) is 24.6. The van der Waals surface area contributed by atoms with E-state index in [4.69, 9.17) is 20.9 Å². The zero-order valence-corrected chi connectivity index (χ0v) is 21.7. The van der Waals surface area contributed by atoms with E-state index >= 15 is 0 Å². The van der Waals surface area contributed by atoms with Gasteiger partial charge in [-0.25, -0.2) is 9.37 Å². The Labute approximate surface area is 222 Å². The molecule has 0 radical (unpaired) electrons. The zero-order chi connectivity index (χ0) is 26.2. The van der Waals surface area contributed by atoms with Crippen molar-refractivity contribution < 1.29 is 9.13 Å². The molecule has 2 fully saturated rings. The van der Waals surface area contributed by atoms with Crippen LogP contribution in [-0.2, 0) is 4.74 Å². The second-order valence-corrected chi connectivity index (χ2v) is 10.3. The molecule has 0 saturated carbocycles. The molecule has 0 spiro atoms. The SMILES string of the molecule is CN1CCN(c2ccc(-c3c(C4CCOCC4)n(-c4ccc(F)cc4)c4cc(C=N)c(N)cc34)cn2)CC1. The number of halogens is 1. The van der Waals surface area contributed by atoms with Gasteiger partial charge in [0.15, 0.2) is 0 Å². The van der Waals surface area contributed by atoms with E-state index in [1.165, 1.54) is 18.3 Å².